The molecule has 1 aliphatic heterocycles. The average molecular weight is 345 g/mol. The molecular weight excluding hydrogens is 328 g/mol. The normalized spacial score (nSPS) is 16.1. The van der Waals surface area contributed by atoms with Gasteiger partial charge in [-0.1, -0.05) is 29.8 Å². The van der Waals surface area contributed by atoms with E-state index in [9.17, 15) is 9.59 Å². The summed E-state index contributed by atoms with van der Waals surface area (Å²) in [5, 5.41) is 3.36. The molecule has 124 valence electrons. The highest BCUT2D eigenvalue weighted by Crippen LogP contribution is 2.33. The van der Waals surface area contributed by atoms with Crippen molar-refractivity contribution >= 4 is 34.8 Å². The van der Waals surface area contributed by atoms with Crippen LogP contribution < -0.4 is 15.0 Å². The molecule has 24 heavy (non-hydrogen) atoms. The highest BCUT2D eigenvalue weighted by atomic mass is 35.5. The predicted molar refractivity (Wildman–Crippen MR) is 93.7 cm³/mol. The number of amides is 2. The number of carbonyl (C=O) groups excluding carboxylic acids is 2. The maximum atomic E-state index is 12.6. The molecule has 0 saturated carbocycles. The monoisotopic (exact) mass is 344 g/mol. The van der Waals surface area contributed by atoms with Gasteiger partial charge in [0.2, 0.25) is 5.91 Å². The molecule has 0 spiro atoms. The van der Waals surface area contributed by atoms with E-state index in [0.717, 1.165) is 5.56 Å². The Morgan fingerprint density at radius 3 is 2.75 bits per heavy atom. The van der Waals surface area contributed by atoms with E-state index in [1.54, 1.807) is 35.2 Å². The molecule has 5 nitrogen and oxygen atoms in total. The maximum absolute atomic E-state index is 12.6. The second-order valence-corrected chi connectivity index (χ2v) is 6.09. The molecule has 0 unspecified atom stereocenters. The van der Waals surface area contributed by atoms with Crippen molar-refractivity contribution in [2.24, 2.45) is 0 Å². The van der Waals surface area contributed by atoms with Crippen LogP contribution in [0, 0.1) is 6.92 Å². The van der Waals surface area contributed by atoms with E-state index in [-0.39, 0.29) is 18.4 Å². The zero-order chi connectivity index (χ0) is 17.3. The van der Waals surface area contributed by atoms with Crippen molar-refractivity contribution in [2.45, 2.75) is 20.0 Å². The number of benzene rings is 2. The molecule has 1 aliphatic rings. The number of para-hydroxylation sites is 2. The van der Waals surface area contributed by atoms with E-state index in [2.05, 4.69) is 5.32 Å². The van der Waals surface area contributed by atoms with Crippen molar-refractivity contribution in [1.29, 1.82) is 0 Å². The molecule has 0 fully saturated rings. The van der Waals surface area contributed by atoms with Gasteiger partial charge in [-0.05, 0) is 36.8 Å². The topological polar surface area (TPSA) is 58.6 Å². The lowest BCUT2D eigenvalue weighted by Crippen LogP contribution is -2.48. The first kappa shape index (κ1) is 16.3. The Hall–Kier alpha value is -2.53. The van der Waals surface area contributed by atoms with Crippen LogP contribution in [0.1, 0.15) is 12.5 Å². The summed E-state index contributed by atoms with van der Waals surface area (Å²) in [5.74, 6) is 0.0607. The third-order valence-corrected chi connectivity index (χ3v) is 4.14. The predicted octanol–water partition coefficient (Wildman–Crippen LogP) is 3.40. The third-order valence-electron chi connectivity index (χ3n) is 3.90. The molecule has 1 N–H and O–H groups in total. The van der Waals surface area contributed by atoms with Gasteiger partial charge in [-0.25, -0.2) is 0 Å². The summed E-state index contributed by atoms with van der Waals surface area (Å²) in [6.45, 7) is 3.51. The summed E-state index contributed by atoms with van der Waals surface area (Å²) >= 11 is 5.98. The fraction of sp³-hybridized carbons (Fsp3) is 0.222. The zero-order valence-electron chi connectivity index (χ0n) is 13.4. The zero-order valence-corrected chi connectivity index (χ0v) is 14.1. The average Bonchev–Trinajstić information content (AvgIpc) is 2.57. The molecule has 2 amide bonds. The molecular formula is C18H17ClN2O3. The van der Waals surface area contributed by atoms with Crippen molar-refractivity contribution in [1.82, 2.24) is 0 Å². The number of nitrogens with zero attached hydrogens (tertiary/aromatic N) is 1. The molecule has 0 aliphatic carbocycles. The number of hydrogen-bond donors (Lipinski definition) is 1. The van der Waals surface area contributed by atoms with E-state index >= 15 is 0 Å². The smallest absolute Gasteiger partial charge is 0.267 e. The highest BCUT2D eigenvalue weighted by Gasteiger charge is 2.32. The van der Waals surface area contributed by atoms with Gasteiger partial charge in [0.25, 0.3) is 5.91 Å². The van der Waals surface area contributed by atoms with Gasteiger partial charge in [-0.15, -0.1) is 0 Å². The molecule has 0 bridgehead atoms. The second-order valence-electron chi connectivity index (χ2n) is 5.65. The molecule has 1 heterocycles. The van der Waals surface area contributed by atoms with Crippen molar-refractivity contribution in [2.75, 3.05) is 16.8 Å². The summed E-state index contributed by atoms with van der Waals surface area (Å²) in [5.41, 5.74) is 2.20. The number of fused-ring (bicyclic) bond motifs is 1. The highest BCUT2D eigenvalue weighted by molar-refractivity contribution is 6.31. The number of nitrogens with one attached hydrogen (secondary N) is 1. The van der Waals surface area contributed by atoms with Gasteiger partial charge < -0.3 is 15.0 Å². The van der Waals surface area contributed by atoms with Crippen LogP contribution in [0.5, 0.6) is 5.75 Å². The third kappa shape index (κ3) is 3.21. The number of ether oxygens (including phenoxy) is 1. The SMILES string of the molecule is CC(=O)N1C[C@@H](C(=O)Nc2cc(Cl)ccc2C)Oc2ccccc21. The Bertz CT molecular complexity index is 807. The van der Waals surface area contributed by atoms with Crippen LogP contribution >= 0.6 is 11.6 Å². The van der Waals surface area contributed by atoms with Crippen molar-refractivity contribution in [3.63, 3.8) is 0 Å². The minimum absolute atomic E-state index is 0.137. The lowest BCUT2D eigenvalue weighted by molar-refractivity contribution is -0.123. The van der Waals surface area contributed by atoms with E-state index in [4.69, 9.17) is 16.3 Å². The first-order valence-corrected chi connectivity index (χ1v) is 7.94. The van der Waals surface area contributed by atoms with E-state index < -0.39 is 6.10 Å². The molecule has 2 aromatic rings. The summed E-state index contributed by atoms with van der Waals surface area (Å²) in [6.07, 6.45) is -0.790. The van der Waals surface area contributed by atoms with Crippen LogP contribution in [0.15, 0.2) is 42.5 Å². The van der Waals surface area contributed by atoms with Crippen LogP contribution in [0.4, 0.5) is 11.4 Å². The molecule has 0 radical (unpaired) electrons. The van der Waals surface area contributed by atoms with Gasteiger partial charge in [0.05, 0.1) is 12.2 Å². The van der Waals surface area contributed by atoms with Crippen LogP contribution in [0.2, 0.25) is 5.02 Å². The van der Waals surface area contributed by atoms with E-state index in [1.165, 1.54) is 6.92 Å². The van der Waals surface area contributed by atoms with Crippen LogP contribution in [-0.2, 0) is 9.59 Å². The summed E-state index contributed by atoms with van der Waals surface area (Å²) in [6, 6.07) is 12.5. The summed E-state index contributed by atoms with van der Waals surface area (Å²) in [4.78, 5) is 26.0. The Kier molecular flexibility index (Phi) is 4.44. The first-order chi connectivity index (χ1) is 11.5. The van der Waals surface area contributed by atoms with Crippen molar-refractivity contribution in [3.05, 3.63) is 53.1 Å². The fourth-order valence-electron chi connectivity index (χ4n) is 2.61. The second kappa shape index (κ2) is 6.53. The van der Waals surface area contributed by atoms with E-state index in [0.29, 0.717) is 22.1 Å². The number of rotatable bonds is 2. The molecule has 6 heteroatoms. The number of anilines is 2. The Labute approximate surface area is 145 Å². The number of carbonyl (C=O) groups is 2. The van der Waals surface area contributed by atoms with Gasteiger partial charge in [-0.3, -0.25) is 9.59 Å². The van der Waals surface area contributed by atoms with Crippen LogP contribution in [-0.4, -0.2) is 24.5 Å². The lowest BCUT2D eigenvalue weighted by atomic mass is 10.1. The van der Waals surface area contributed by atoms with Gasteiger partial charge in [0.1, 0.15) is 5.75 Å². The van der Waals surface area contributed by atoms with Gasteiger partial charge in [-0.2, -0.15) is 0 Å². The van der Waals surface area contributed by atoms with Gasteiger partial charge in [0.15, 0.2) is 6.10 Å². The number of hydrogen-bond acceptors (Lipinski definition) is 3. The number of halogens is 1. The quantitative estimate of drug-likeness (QED) is 0.908. The Morgan fingerprint density at radius 1 is 1.25 bits per heavy atom. The fourth-order valence-corrected chi connectivity index (χ4v) is 2.78. The van der Waals surface area contributed by atoms with Crippen molar-refractivity contribution in [3.8, 4) is 5.75 Å². The van der Waals surface area contributed by atoms with Crippen LogP contribution in [0.3, 0.4) is 0 Å². The first-order valence-electron chi connectivity index (χ1n) is 7.56. The molecule has 1 atom stereocenters. The summed E-state index contributed by atoms with van der Waals surface area (Å²) in [7, 11) is 0. The van der Waals surface area contributed by atoms with Crippen LogP contribution in [0.25, 0.3) is 0 Å². The Morgan fingerprint density at radius 2 is 2.00 bits per heavy atom. The maximum Gasteiger partial charge on any atom is 0.267 e. The minimum atomic E-state index is -0.790. The van der Waals surface area contributed by atoms with E-state index in [1.807, 2.05) is 19.1 Å². The van der Waals surface area contributed by atoms with Crippen molar-refractivity contribution < 1.29 is 14.3 Å². The number of aryl methyl sites for hydroxylation is 1. The Balaban J connectivity index is 1.84. The molecule has 0 aromatic heterocycles. The molecule has 2 aromatic carbocycles. The standard InChI is InChI=1S/C18H17ClN2O3/c1-11-7-8-13(19)9-14(11)20-18(23)17-10-21(12(2)22)15-5-3-4-6-16(15)24-17/h3-9,17H,10H2,1-2H3,(H,20,23)/t17-/m0/s1. The molecule has 3 rings (SSSR count). The minimum Gasteiger partial charge on any atom is -0.476 e. The molecule has 0 saturated heterocycles. The largest absolute Gasteiger partial charge is 0.476 e. The summed E-state index contributed by atoms with van der Waals surface area (Å²) < 4.78 is 5.78. The lowest BCUT2D eigenvalue weighted by Gasteiger charge is -2.33. The van der Waals surface area contributed by atoms with Gasteiger partial charge in [0, 0.05) is 17.6 Å². The van der Waals surface area contributed by atoms with Gasteiger partial charge >= 0.3 is 0 Å².